The fourth-order valence-corrected chi connectivity index (χ4v) is 3.17. The summed E-state index contributed by atoms with van der Waals surface area (Å²) in [5.41, 5.74) is 0.189. The third-order valence-electron chi connectivity index (χ3n) is 4.68. The lowest BCUT2D eigenvalue weighted by molar-refractivity contribution is -0.137. The third-order valence-corrected chi connectivity index (χ3v) is 4.68. The van der Waals surface area contributed by atoms with Crippen LogP contribution in [0.3, 0.4) is 0 Å². The molecule has 2 rings (SSSR count). The van der Waals surface area contributed by atoms with E-state index in [1.807, 2.05) is 6.92 Å². The van der Waals surface area contributed by atoms with Crippen LogP contribution in [-0.2, 0) is 9.59 Å². The first-order valence-corrected chi connectivity index (χ1v) is 7.84. The average Bonchev–Trinajstić information content (AvgIpc) is 2.85. The minimum Gasteiger partial charge on any atom is -0.354 e. The molecule has 0 radical (unpaired) electrons. The van der Waals surface area contributed by atoms with Crippen molar-refractivity contribution in [1.82, 2.24) is 15.5 Å². The van der Waals surface area contributed by atoms with Crippen molar-refractivity contribution in [2.24, 2.45) is 5.41 Å². The van der Waals surface area contributed by atoms with Gasteiger partial charge in [0, 0.05) is 19.5 Å². The van der Waals surface area contributed by atoms with Gasteiger partial charge in [0.25, 0.3) is 0 Å². The second-order valence-electron chi connectivity index (χ2n) is 6.39. The van der Waals surface area contributed by atoms with E-state index in [0.29, 0.717) is 19.4 Å². The van der Waals surface area contributed by atoms with Gasteiger partial charge < -0.3 is 15.5 Å². The Bertz CT molecular complexity index is 370. The summed E-state index contributed by atoms with van der Waals surface area (Å²) >= 11 is 0. The van der Waals surface area contributed by atoms with Crippen LogP contribution in [0.1, 0.15) is 46.0 Å². The maximum absolute atomic E-state index is 12.4. The molecule has 2 aliphatic heterocycles. The molecule has 0 aliphatic carbocycles. The molecule has 2 amide bonds. The predicted molar refractivity (Wildman–Crippen MR) is 85.5 cm³/mol. The van der Waals surface area contributed by atoms with Crippen LogP contribution < -0.4 is 10.6 Å². The molecule has 0 bridgehead atoms. The summed E-state index contributed by atoms with van der Waals surface area (Å²) in [6.07, 6.45) is 4.34. The summed E-state index contributed by atoms with van der Waals surface area (Å²) in [5.74, 6) is 0.141. The lowest BCUT2D eigenvalue weighted by Crippen LogP contribution is -2.50. The van der Waals surface area contributed by atoms with Crippen LogP contribution in [-0.4, -0.2) is 48.9 Å². The van der Waals surface area contributed by atoms with Crippen molar-refractivity contribution in [1.29, 1.82) is 0 Å². The highest BCUT2D eigenvalue weighted by atomic mass is 35.5. The number of halogens is 1. The monoisotopic (exact) mass is 317 g/mol. The maximum atomic E-state index is 12.4. The van der Waals surface area contributed by atoms with Gasteiger partial charge in [-0.05, 0) is 44.2 Å². The van der Waals surface area contributed by atoms with E-state index >= 15 is 0 Å². The molecule has 2 aliphatic rings. The molecular formula is C15H28ClN3O2. The molecule has 122 valence electrons. The number of rotatable bonds is 5. The van der Waals surface area contributed by atoms with Gasteiger partial charge in [0.15, 0.2) is 0 Å². The molecular weight excluding hydrogens is 290 g/mol. The summed E-state index contributed by atoms with van der Waals surface area (Å²) in [6.45, 7) is 7.69. The minimum absolute atomic E-state index is 0. The van der Waals surface area contributed by atoms with Crippen LogP contribution in [0.5, 0.6) is 0 Å². The molecule has 0 saturated carbocycles. The van der Waals surface area contributed by atoms with Crippen molar-refractivity contribution in [3.05, 3.63) is 0 Å². The fraction of sp³-hybridized carbons (Fsp3) is 0.867. The Morgan fingerprint density at radius 1 is 1.43 bits per heavy atom. The van der Waals surface area contributed by atoms with Crippen molar-refractivity contribution in [3.8, 4) is 0 Å². The van der Waals surface area contributed by atoms with Gasteiger partial charge in [-0.15, -0.1) is 12.4 Å². The fourth-order valence-electron chi connectivity index (χ4n) is 3.17. The minimum atomic E-state index is -0.282. The molecule has 2 N–H and O–H groups in total. The van der Waals surface area contributed by atoms with E-state index in [0.717, 1.165) is 38.9 Å². The van der Waals surface area contributed by atoms with Gasteiger partial charge in [0.05, 0.1) is 0 Å². The molecule has 0 spiro atoms. The molecule has 21 heavy (non-hydrogen) atoms. The van der Waals surface area contributed by atoms with Gasteiger partial charge in [-0.3, -0.25) is 9.59 Å². The largest absolute Gasteiger partial charge is 0.354 e. The highest BCUT2D eigenvalue weighted by Gasteiger charge is 2.33. The number of likely N-dealkylation sites (tertiary alicyclic amines) is 1. The first kappa shape index (κ1) is 18.2. The number of nitrogens with zero attached hydrogens (tertiary/aromatic N) is 1. The number of hydrogen-bond donors (Lipinski definition) is 2. The van der Waals surface area contributed by atoms with Crippen LogP contribution in [0.25, 0.3) is 0 Å². The summed E-state index contributed by atoms with van der Waals surface area (Å²) in [4.78, 5) is 25.9. The molecule has 2 fully saturated rings. The Hall–Kier alpha value is -0.810. The smallest absolute Gasteiger partial charge is 0.242 e. The van der Waals surface area contributed by atoms with E-state index in [9.17, 15) is 9.59 Å². The first-order chi connectivity index (χ1) is 9.56. The summed E-state index contributed by atoms with van der Waals surface area (Å²) < 4.78 is 0. The van der Waals surface area contributed by atoms with Crippen molar-refractivity contribution < 1.29 is 9.59 Å². The molecule has 2 saturated heterocycles. The van der Waals surface area contributed by atoms with Crippen molar-refractivity contribution in [2.45, 2.75) is 52.0 Å². The third kappa shape index (κ3) is 4.58. The second-order valence-corrected chi connectivity index (χ2v) is 6.39. The van der Waals surface area contributed by atoms with Gasteiger partial charge >= 0.3 is 0 Å². The number of piperidine rings is 1. The van der Waals surface area contributed by atoms with Crippen molar-refractivity contribution in [3.63, 3.8) is 0 Å². The molecule has 2 heterocycles. The Balaban J connectivity index is 0.00000220. The van der Waals surface area contributed by atoms with E-state index in [2.05, 4.69) is 17.6 Å². The van der Waals surface area contributed by atoms with Gasteiger partial charge in [0.2, 0.25) is 11.8 Å². The Kier molecular flexibility index (Phi) is 6.94. The summed E-state index contributed by atoms with van der Waals surface area (Å²) in [6, 6.07) is -0.282. The quantitative estimate of drug-likeness (QED) is 0.804. The Labute approximate surface area is 133 Å². The van der Waals surface area contributed by atoms with E-state index in [1.165, 1.54) is 0 Å². The van der Waals surface area contributed by atoms with Crippen LogP contribution in [0.15, 0.2) is 0 Å². The molecule has 0 aromatic rings. The van der Waals surface area contributed by atoms with Gasteiger partial charge in [-0.2, -0.15) is 0 Å². The number of carbonyl (C=O) groups is 2. The molecule has 5 nitrogen and oxygen atoms in total. The zero-order valence-electron chi connectivity index (χ0n) is 13.1. The van der Waals surface area contributed by atoms with E-state index in [-0.39, 0.29) is 35.7 Å². The molecule has 1 atom stereocenters. The van der Waals surface area contributed by atoms with Crippen molar-refractivity contribution in [2.75, 3.05) is 26.2 Å². The molecule has 1 unspecified atom stereocenters. The second kappa shape index (κ2) is 7.99. The van der Waals surface area contributed by atoms with Crippen LogP contribution in [0.4, 0.5) is 0 Å². The standard InChI is InChI=1S/C15H27N3O2.ClH/c1-3-12(18-10-4-5-13(18)19)14(20)17-11-15(2)6-8-16-9-7-15;/h12,16H,3-11H2,1-2H3,(H,17,20);1H. The summed E-state index contributed by atoms with van der Waals surface area (Å²) in [5, 5.41) is 6.43. The highest BCUT2D eigenvalue weighted by Crippen LogP contribution is 2.27. The van der Waals surface area contributed by atoms with E-state index in [4.69, 9.17) is 0 Å². The lowest BCUT2D eigenvalue weighted by Gasteiger charge is -2.35. The zero-order valence-corrected chi connectivity index (χ0v) is 13.9. The predicted octanol–water partition coefficient (Wildman–Crippen LogP) is 1.32. The summed E-state index contributed by atoms with van der Waals surface area (Å²) in [7, 11) is 0. The molecule has 0 aromatic heterocycles. The SMILES string of the molecule is CCC(C(=O)NCC1(C)CCNCC1)N1CCCC1=O.Cl. The zero-order chi connectivity index (χ0) is 14.6. The number of carbonyl (C=O) groups excluding carboxylic acids is 2. The van der Waals surface area contributed by atoms with Crippen LogP contribution >= 0.6 is 12.4 Å². The number of amides is 2. The van der Waals surface area contributed by atoms with Crippen molar-refractivity contribution >= 4 is 24.2 Å². The van der Waals surface area contributed by atoms with Crippen LogP contribution in [0.2, 0.25) is 0 Å². The van der Waals surface area contributed by atoms with Crippen LogP contribution in [0, 0.1) is 5.41 Å². The highest BCUT2D eigenvalue weighted by molar-refractivity contribution is 5.88. The Morgan fingerprint density at radius 2 is 2.10 bits per heavy atom. The normalized spacial score (nSPS) is 22.6. The number of nitrogens with one attached hydrogen (secondary N) is 2. The first-order valence-electron chi connectivity index (χ1n) is 7.84. The molecule has 6 heteroatoms. The Morgan fingerprint density at radius 3 is 2.62 bits per heavy atom. The number of hydrogen-bond acceptors (Lipinski definition) is 3. The van der Waals surface area contributed by atoms with Gasteiger partial charge in [-0.25, -0.2) is 0 Å². The maximum Gasteiger partial charge on any atom is 0.242 e. The topological polar surface area (TPSA) is 61.4 Å². The van der Waals surface area contributed by atoms with Gasteiger partial charge in [0.1, 0.15) is 6.04 Å². The average molecular weight is 318 g/mol. The van der Waals surface area contributed by atoms with Gasteiger partial charge in [-0.1, -0.05) is 13.8 Å². The molecule has 0 aromatic carbocycles. The van der Waals surface area contributed by atoms with E-state index in [1.54, 1.807) is 4.90 Å². The lowest BCUT2D eigenvalue weighted by atomic mass is 9.81. The van der Waals surface area contributed by atoms with E-state index < -0.39 is 0 Å².